The lowest BCUT2D eigenvalue weighted by atomic mass is 9.93. The summed E-state index contributed by atoms with van der Waals surface area (Å²) in [5.74, 6) is -0.841. The van der Waals surface area contributed by atoms with E-state index in [1.165, 1.54) is 35.1 Å². The first kappa shape index (κ1) is 18.0. The van der Waals surface area contributed by atoms with E-state index in [0.29, 0.717) is 29.9 Å². The number of carbonyl (C=O) groups excluding carboxylic acids is 1. The van der Waals surface area contributed by atoms with Crippen molar-refractivity contribution in [3.8, 4) is 5.75 Å². The van der Waals surface area contributed by atoms with Crippen molar-refractivity contribution < 1.29 is 18.7 Å². The number of fused-ring (bicyclic) bond motifs is 1. The van der Waals surface area contributed by atoms with Crippen molar-refractivity contribution in [2.75, 3.05) is 5.32 Å². The number of pyridine rings is 1. The minimum atomic E-state index is -0.726. The summed E-state index contributed by atoms with van der Waals surface area (Å²) >= 11 is 0. The van der Waals surface area contributed by atoms with Crippen molar-refractivity contribution in [1.82, 2.24) is 4.57 Å². The molecular formula is C21H19FN2O4. The number of halogens is 1. The molecule has 0 saturated heterocycles. The first-order valence-electron chi connectivity index (χ1n) is 9.11. The number of carbonyl (C=O) groups is 1. The lowest BCUT2D eigenvalue weighted by molar-refractivity contribution is 0.102. The molecule has 1 aromatic carbocycles. The van der Waals surface area contributed by atoms with Crippen LogP contribution in [0, 0.1) is 5.82 Å². The molecule has 7 heteroatoms. The summed E-state index contributed by atoms with van der Waals surface area (Å²) in [7, 11) is 0. The number of anilines is 1. The van der Waals surface area contributed by atoms with E-state index >= 15 is 0 Å². The van der Waals surface area contributed by atoms with Gasteiger partial charge in [0.25, 0.3) is 11.5 Å². The molecule has 0 bridgehead atoms. The quantitative estimate of drug-likeness (QED) is 0.724. The average Bonchev–Trinajstić information content (AvgIpc) is 3.20. The number of furan rings is 1. The molecule has 0 unspecified atom stereocenters. The van der Waals surface area contributed by atoms with Crippen LogP contribution in [0.3, 0.4) is 0 Å². The summed E-state index contributed by atoms with van der Waals surface area (Å²) in [6.45, 7) is 0.186. The highest BCUT2D eigenvalue weighted by molar-refractivity contribution is 6.06. The Bertz CT molecular complexity index is 1070. The molecule has 0 aliphatic heterocycles. The summed E-state index contributed by atoms with van der Waals surface area (Å²) in [6.07, 6.45) is 4.55. The molecule has 1 amide bonds. The van der Waals surface area contributed by atoms with E-state index < -0.39 is 17.3 Å². The fourth-order valence-electron chi connectivity index (χ4n) is 3.61. The molecule has 144 valence electrons. The highest BCUT2D eigenvalue weighted by atomic mass is 19.1. The molecule has 0 atom stereocenters. The van der Waals surface area contributed by atoms with Crippen LogP contribution >= 0.6 is 0 Å². The van der Waals surface area contributed by atoms with E-state index in [2.05, 4.69) is 5.32 Å². The zero-order valence-electron chi connectivity index (χ0n) is 15.1. The Hall–Kier alpha value is -3.35. The van der Waals surface area contributed by atoms with Gasteiger partial charge in [-0.15, -0.1) is 0 Å². The SMILES string of the molecule is O=C(Nc1ccc(F)cc1)c1c(O)c2c(n(Cc3ccco3)c1=O)CCCC2. The smallest absolute Gasteiger partial charge is 0.267 e. The van der Waals surface area contributed by atoms with Gasteiger partial charge in [-0.25, -0.2) is 4.39 Å². The molecule has 2 heterocycles. The Morgan fingerprint density at radius 2 is 1.93 bits per heavy atom. The molecule has 3 aromatic rings. The molecule has 0 saturated carbocycles. The molecule has 1 aliphatic carbocycles. The monoisotopic (exact) mass is 382 g/mol. The molecule has 0 spiro atoms. The number of aromatic nitrogens is 1. The van der Waals surface area contributed by atoms with Crippen LogP contribution in [-0.2, 0) is 19.4 Å². The van der Waals surface area contributed by atoms with Crippen molar-refractivity contribution in [2.45, 2.75) is 32.2 Å². The van der Waals surface area contributed by atoms with Crippen LogP contribution in [0.5, 0.6) is 5.75 Å². The van der Waals surface area contributed by atoms with Crippen LogP contribution in [-0.4, -0.2) is 15.6 Å². The lowest BCUT2D eigenvalue weighted by Crippen LogP contribution is -2.34. The molecule has 6 nitrogen and oxygen atoms in total. The second kappa shape index (κ2) is 7.34. The molecule has 0 fully saturated rings. The number of benzene rings is 1. The number of amides is 1. The number of hydrogen-bond donors (Lipinski definition) is 2. The van der Waals surface area contributed by atoms with Crippen molar-refractivity contribution >= 4 is 11.6 Å². The highest BCUT2D eigenvalue weighted by Crippen LogP contribution is 2.31. The van der Waals surface area contributed by atoms with Crippen molar-refractivity contribution in [3.63, 3.8) is 0 Å². The Kier molecular flexibility index (Phi) is 4.73. The van der Waals surface area contributed by atoms with E-state index in [1.807, 2.05) is 0 Å². The maximum atomic E-state index is 13.1. The molecular weight excluding hydrogens is 363 g/mol. The van der Waals surface area contributed by atoms with E-state index in [-0.39, 0.29) is 17.9 Å². The van der Waals surface area contributed by atoms with Gasteiger partial charge in [0, 0.05) is 16.9 Å². The predicted octanol–water partition coefficient (Wildman–Crippen LogP) is 3.47. The van der Waals surface area contributed by atoms with Gasteiger partial charge in [-0.1, -0.05) is 0 Å². The molecule has 4 rings (SSSR count). The summed E-state index contributed by atoms with van der Waals surface area (Å²) < 4.78 is 20.0. The highest BCUT2D eigenvalue weighted by Gasteiger charge is 2.27. The second-order valence-corrected chi connectivity index (χ2v) is 6.79. The Morgan fingerprint density at radius 1 is 1.18 bits per heavy atom. The van der Waals surface area contributed by atoms with Gasteiger partial charge in [-0.05, 0) is 62.1 Å². The summed E-state index contributed by atoms with van der Waals surface area (Å²) in [5, 5.41) is 13.3. The van der Waals surface area contributed by atoms with Crippen LogP contribution < -0.4 is 10.9 Å². The lowest BCUT2D eigenvalue weighted by Gasteiger charge is -2.23. The van der Waals surface area contributed by atoms with Crippen LogP contribution in [0.25, 0.3) is 0 Å². The fourth-order valence-corrected chi connectivity index (χ4v) is 3.61. The third-order valence-corrected chi connectivity index (χ3v) is 4.97. The maximum absolute atomic E-state index is 13.1. The number of nitrogens with zero attached hydrogens (tertiary/aromatic N) is 1. The van der Waals surface area contributed by atoms with Crippen LogP contribution in [0.1, 0.15) is 40.2 Å². The van der Waals surface area contributed by atoms with Crippen molar-refractivity contribution in [2.24, 2.45) is 0 Å². The predicted molar refractivity (Wildman–Crippen MR) is 101 cm³/mol. The van der Waals surface area contributed by atoms with E-state index in [0.717, 1.165) is 18.5 Å². The normalized spacial score (nSPS) is 13.2. The fraction of sp³-hybridized carbons (Fsp3) is 0.238. The average molecular weight is 382 g/mol. The van der Waals surface area contributed by atoms with Crippen LogP contribution in [0.2, 0.25) is 0 Å². The van der Waals surface area contributed by atoms with Crippen molar-refractivity contribution in [1.29, 1.82) is 0 Å². The van der Waals surface area contributed by atoms with Gasteiger partial charge in [-0.2, -0.15) is 0 Å². The number of hydrogen-bond acceptors (Lipinski definition) is 4. The van der Waals surface area contributed by atoms with Crippen molar-refractivity contribution in [3.05, 3.63) is 81.4 Å². The largest absolute Gasteiger partial charge is 0.507 e. The van der Waals surface area contributed by atoms with Gasteiger partial charge < -0.3 is 19.4 Å². The number of nitrogens with one attached hydrogen (secondary N) is 1. The maximum Gasteiger partial charge on any atom is 0.267 e. The van der Waals surface area contributed by atoms with Gasteiger partial charge in [0.2, 0.25) is 0 Å². The van der Waals surface area contributed by atoms with Gasteiger partial charge in [-0.3, -0.25) is 9.59 Å². The van der Waals surface area contributed by atoms with E-state index in [4.69, 9.17) is 4.42 Å². The van der Waals surface area contributed by atoms with E-state index in [9.17, 15) is 19.1 Å². The number of rotatable bonds is 4. The van der Waals surface area contributed by atoms with Gasteiger partial charge in [0.15, 0.2) is 0 Å². The molecule has 0 radical (unpaired) electrons. The second-order valence-electron chi connectivity index (χ2n) is 6.79. The van der Waals surface area contributed by atoms with Gasteiger partial charge >= 0.3 is 0 Å². The Balaban J connectivity index is 1.79. The summed E-state index contributed by atoms with van der Waals surface area (Å²) in [6, 6.07) is 8.69. The molecule has 2 N–H and O–H groups in total. The minimum Gasteiger partial charge on any atom is -0.507 e. The topological polar surface area (TPSA) is 84.5 Å². The Morgan fingerprint density at radius 3 is 2.64 bits per heavy atom. The van der Waals surface area contributed by atoms with Crippen LogP contribution in [0.4, 0.5) is 10.1 Å². The molecule has 28 heavy (non-hydrogen) atoms. The van der Waals surface area contributed by atoms with Crippen LogP contribution in [0.15, 0.2) is 51.9 Å². The first-order chi connectivity index (χ1) is 13.5. The third-order valence-electron chi connectivity index (χ3n) is 4.97. The Labute approximate surface area is 160 Å². The molecule has 1 aliphatic rings. The number of aromatic hydroxyl groups is 1. The summed E-state index contributed by atoms with van der Waals surface area (Å²) in [5.41, 5.74) is 0.816. The summed E-state index contributed by atoms with van der Waals surface area (Å²) in [4.78, 5) is 25.9. The van der Waals surface area contributed by atoms with E-state index in [1.54, 1.807) is 12.1 Å². The van der Waals surface area contributed by atoms with Gasteiger partial charge in [0.05, 0.1) is 12.8 Å². The minimum absolute atomic E-state index is 0.186. The third kappa shape index (κ3) is 3.31. The first-order valence-corrected chi connectivity index (χ1v) is 9.11. The van der Waals surface area contributed by atoms with Gasteiger partial charge in [0.1, 0.15) is 22.9 Å². The zero-order chi connectivity index (χ0) is 19.7. The standard InChI is InChI=1S/C21H19FN2O4/c22-13-7-9-14(10-8-13)23-20(26)18-19(25)16-5-1-2-6-17(16)24(21(18)27)12-15-4-3-11-28-15/h3-4,7-11,25H,1-2,5-6,12H2,(H,23,26). The molecule has 2 aromatic heterocycles. The zero-order valence-corrected chi connectivity index (χ0v) is 15.1.